The molecule has 5 nitrogen and oxygen atoms in total. The Labute approximate surface area is 94.0 Å². The summed E-state index contributed by atoms with van der Waals surface area (Å²) in [4.78, 5) is 0.723. The van der Waals surface area contributed by atoms with E-state index >= 15 is 0 Å². The fraction of sp³-hybridized carbons (Fsp3) is 0.444. The van der Waals surface area contributed by atoms with E-state index in [1.165, 1.54) is 0 Å². The summed E-state index contributed by atoms with van der Waals surface area (Å²) in [6.07, 6.45) is 1.18. The lowest BCUT2D eigenvalue weighted by Crippen LogP contribution is -2.50. The van der Waals surface area contributed by atoms with Gasteiger partial charge >= 0.3 is 0 Å². The highest BCUT2D eigenvalue weighted by Gasteiger charge is 2.30. The van der Waals surface area contributed by atoms with Crippen molar-refractivity contribution in [2.45, 2.75) is 27.0 Å². The molecule has 2 rings (SSSR count). The molecule has 0 radical (unpaired) electrons. The monoisotopic (exact) mass is 226 g/mol. The van der Waals surface area contributed by atoms with Crippen LogP contribution < -0.4 is 10.9 Å². The Morgan fingerprint density at radius 1 is 1.47 bits per heavy atom. The number of nitrogens with zero attached hydrogens (tertiary/aromatic N) is 2. The van der Waals surface area contributed by atoms with Crippen molar-refractivity contribution in [1.82, 2.24) is 20.9 Å². The zero-order valence-corrected chi connectivity index (χ0v) is 9.72. The molecule has 0 spiro atoms. The van der Waals surface area contributed by atoms with Gasteiger partial charge in [0.05, 0.1) is 6.20 Å². The van der Waals surface area contributed by atoms with Crippen LogP contribution in [0.25, 0.3) is 0 Å². The molecule has 3 N–H and O–H groups in total. The Hall–Kier alpha value is -1.11. The van der Waals surface area contributed by atoms with Crippen LogP contribution in [0, 0.1) is 0 Å². The third-order valence-corrected chi connectivity index (χ3v) is 3.01. The highest BCUT2D eigenvalue weighted by atomic mass is 32.1. The predicted molar refractivity (Wildman–Crippen MR) is 60.7 cm³/mol. The minimum absolute atomic E-state index is 0.603. The smallest absolute Gasteiger partial charge is 0.145 e. The standard InChI is InChI=1S/C9H14N4OS/c1-5-6(2)10-8-4-12(7(3)14)11-13(8)9(5)15/h4,7,10-11,14H,1-3H3/t7-/m0/s1. The molecule has 0 amide bonds. The van der Waals surface area contributed by atoms with E-state index in [4.69, 9.17) is 12.2 Å². The summed E-state index contributed by atoms with van der Waals surface area (Å²) in [5.74, 6) is 0.837. The van der Waals surface area contributed by atoms with Crippen molar-refractivity contribution in [3.05, 3.63) is 23.3 Å². The van der Waals surface area contributed by atoms with Crippen molar-refractivity contribution >= 4 is 17.2 Å². The van der Waals surface area contributed by atoms with Crippen molar-refractivity contribution in [2.75, 3.05) is 0 Å². The molecule has 0 aromatic heterocycles. The number of nitrogens with one attached hydrogen (secondary N) is 2. The van der Waals surface area contributed by atoms with Crippen molar-refractivity contribution in [1.29, 1.82) is 0 Å². The fourth-order valence-corrected chi connectivity index (χ4v) is 1.73. The average molecular weight is 226 g/mol. The van der Waals surface area contributed by atoms with Gasteiger partial charge in [-0.15, -0.1) is 5.53 Å². The van der Waals surface area contributed by atoms with Crippen LogP contribution in [0.1, 0.15) is 20.8 Å². The molecule has 82 valence electrons. The van der Waals surface area contributed by atoms with Crippen molar-refractivity contribution in [3.8, 4) is 0 Å². The van der Waals surface area contributed by atoms with Crippen molar-refractivity contribution in [2.24, 2.45) is 0 Å². The molecule has 2 heterocycles. The van der Waals surface area contributed by atoms with Crippen molar-refractivity contribution in [3.63, 3.8) is 0 Å². The third kappa shape index (κ3) is 1.60. The zero-order chi connectivity index (χ0) is 11.2. The van der Waals surface area contributed by atoms with E-state index in [1.54, 1.807) is 23.1 Å². The quantitative estimate of drug-likeness (QED) is 0.562. The second kappa shape index (κ2) is 3.48. The van der Waals surface area contributed by atoms with Crippen LogP contribution >= 0.6 is 12.2 Å². The first kappa shape index (κ1) is 10.4. The second-order valence-corrected chi connectivity index (χ2v) is 4.06. The van der Waals surface area contributed by atoms with Crippen LogP contribution in [0.2, 0.25) is 0 Å². The summed E-state index contributed by atoms with van der Waals surface area (Å²) in [6, 6.07) is 0. The van der Waals surface area contributed by atoms with Gasteiger partial charge in [-0.2, -0.15) is 0 Å². The molecule has 2 aliphatic rings. The maximum atomic E-state index is 9.42. The first-order valence-electron chi connectivity index (χ1n) is 4.74. The van der Waals surface area contributed by atoms with Crippen molar-refractivity contribution < 1.29 is 5.11 Å². The van der Waals surface area contributed by atoms with Crippen LogP contribution in [0.5, 0.6) is 0 Å². The van der Waals surface area contributed by atoms with Crippen LogP contribution in [0.4, 0.5) is 0 Å². The fourth-order valence-electron chi connectivity index (χ4n) is 1.44. The lowest BCUT2D eigenvalue weighted by Gasteiger charge is -2.30. The number of hydrazine groups is 2. The van der Waals surface area contributed by atoms with Gasteiger partial charge in [0.2, 0.25) is 0 Å². The number of hydrogen-bond acceptors (Lipinski definition) is 5. The van der Waals surface area contributed by atoms with Gasteiger partial charge in [-0.1, -0.05) is 12.2 Å². The number of fused-ring (bicyclic) bond motifs is 1. The van der Waals surface area contributed by atoms with Crippen LogP contribution in [-0.2, 0) is 0 Å². The predicted octanol–water partition coefficient (Wildman–Crippen LogP) is 0.385. The minimum atomic E-state index is -0.603. The molecule has 0 saturated carbocycles. The van der Waals surface area contributed by atoms with Crippen LogP contribution in [0.15, 0.2) is 23.3 Å². The normalized spacial score (nSPS) is 22.7. The van der Waals surface area contributed by atoms with E-state index < -0.39 is 6.23 Å². The zero-order valence-electron chi connectivity index (χ0n) is 8.90. The van der Waals surface area contributed by atoms with E-state index in [2.05, 4.69) is 10.9 Å². The summed E-state index contributed by atoms with van der Waals surface area (Å²) in [5, 5.41) is 16.0. The molecule has 1 atom stereocenters. The number of thiocarbonyl (C=S) groups is 1. The molecule has 2 aliphatic heterocycles. The number of aliphatic hydroxyl groups is 1. The Balaban J connectivity index is 2.27. The first-order valence-corrected chi connectivity index (χ1v) is 5.15. The van der Waals surface area contributed by atoms with E-state index in [9.17, 15) is 5.11 Å². The molecule has 6 heteroatoms. The average Bonchev–Trinajstić information content (AvgIpc) is 2.58. The molecule has 0 unspecified atom stereocenters. The van der Waals surface area contributed by atoms with Crippen LogP contribution in [0.3, 0.4) is 0 Å². The van der Waals surface area contributed by atoms with Gasteiger partial charge in [-0.25, -0.2) is 5.01 Å². The van der Waals surface area contributed by atoms with Crippen LogP contribution in [-0.4, -0.2) is 26.3 Å². The second-order valence-electron chi connectivity index (χ2n) is 3.67. The number of hydrogen-bond donors (Lipinski definition) is 3. The molecule has 0 aromatic rings. The van der Waals surface area contributed by atoms with Gasteiger partial charge in [0.25, 0.3) is 0 Å². The van der Waals surface area contributed by atoms with Gasteiger partial charge in [-0.05, 0) is 20.8 Å². The summed E-state index contributed by atoms with van der Waals surface area (Å²) >= 11 is 5.30. The molecule has 0 aliphatic carbocycles. The topological polar surface area (TPSA) is 50.8 Å². The Morgan fingerprint density at radius 2 is 2.13 bits per heavy atom. The number of allylic oxidation sites excluding steroid dienone is 1. The van der Waals surface area contributed by atoms with E-state index in [0.717, 1.165) is 22.1 Å². The molecular formula is C9H14N4OS. The maximum Gasteiger partial charge on any atom is 0.145 e. The largest absolute Gasteiger partial charge is 0.372 e. The van der Waals surface area contributed by atoms with E-state index in [0.29, 0.717) is 0 Å². The number of aliphatic hydroxyl groups excluding tert-OH is 1. The SMILES string of the molecule is CC1=C(C)C(=S)N2NN([C@H](C)O)C=C2N1. The number of rotatable bonds is 1. The van der Waals surface area contributed by atoms with Gasteiger partial charge in [-0.3, -0.25) is 5.01 Å². The maximum absolute atomic E-state index is 9.42. The Bertz CT molecular complexity index is 374. The minimum Gasteiger partial charge on any atom is -0.372 e. The van der Waals surface area contributed by atoms with Gasteiger partial charge < -0.3 is 10.4 Å². The lowest BCUT2D eigenvalue weighted by atomic mass is 10.2. The summed E-state index contributed by atoms with van der Waals surface area (Å²) in [5.41, 5.74) is 5.05. The highest BCUT2D eigenvalue weighted by Crippen LogP contribution is 2.22. The Morgan fingerprint density at radius 3 is 2.73 bits per heavy atom. The molecule has 0 bridgehead atoms. The summed E-state index contributed by atoms with van der Waals surface area (Å²) in [7, 11) is 0. The highest BCUT2D eigenvalue weighted by molar-refractivity contribution is 7.80. The molecule has 0 saturated heterocycles. The van der Waals surface area contributed by atoms with Gasteiger partial charge in [0.1, 0.15) is 17.0 Å². The Kier molecular flexibility index (Phi) is 2.41. The third-order valence-electron chi connectivity index (χ3n) is 2.52. The summed E-state index contributed by atoms with van der Waals surface area (Å²) < 4.78 is 0. The molecular weight excluding hydrogens is 212 g/mol. The lowest BCUT2D eigenvalue weighted by molar-refractivity contribution is 0.000227. The molecule has 0 aromatic carbocycles. The van der Waals surface area contributed by atoms with Gasteiger partial charge in [0.15, 0.2) is 0 Å². The molecule has 0 fully saturated rings. The van der Waals surface area contributed by atoms with Gasteiger partial charge in [0, 0.05) is 11.3 Å². The molecule has 15 heavy (non-hydrogen) atoms. The first-order chi connectivity index (χ1) is 7.00. The van der Waals surface area contributed by atoms with E-state index in [-0.39, 0.29) is 0 Å². The van der Waals surface area contributed by atoms with E-state index in [1.807, 2.05) is 13.8 Å². The summed E-state index contributed by atoms with van der Waals surface area (Å²) in [6.45, 7) is 5.62.